The van der Waals surface area contributed by atoms with Crippen LogP contribution in [-0.2, 0) is 0 Å². The van der Waals surface area contributed by atoms with Crippen molar-refractivity contribution in [3.8, 4) is 11.3 Å². The fourth-order valence-corrected chi connectivity index (χ4v) is 4.36. The van der Waals surface area contributed by atoms with E-state index in [-0.39, 0.29) is 5.82 Å². The van der Waals surface area contributed by atoms with Gasteiger partial charge in [-0.1, -0.05) is 24.3 Å². The Labute approximate surface area is 181 Å². The molecule has 0 atom stereocenters. The largest absolute Gasteiger partial charge is 0.355 e. The van der Waals surface area contributed by atoms with Gasteiger partial charge in [0.05, 0.1) is 11.2 Å². The topological polar surface area (TPSA) is 41.0 Å². The molecule has 0 radical (unpaired) electrons. The van der Waals surface area contributed by atoms with Crippen molar-refractivity contribution < 1.29 is 4.39 Å². The van der Waals surface area contributed by atoms with Gasteiger partial charge in [-0.3, -0.25) is 9.97 Å². The summed E-state index contributed by atoms with van der Waals surface area (Å²) >= 11 is 0. The lowest BCUT2D eigenvalue weighted by Gasteiger charge is -2.29. The molecule has 3 heterocycles. The van der Waals surface area contributed by atoms with E-state index < -0.39 is 0 Å². The Morgan fingerprint density at radius 3 is 2.58 bits per heavy atom. The van der Waals surface area contributed by atoms with Gasteiger partial charge in [0, 0.05) is 34.7 Å². The average Bonchev–Trinajstić information content (AvgIpc) is 2.80. The molecular formula is C26H25FN4. The normalized spacial score (nSPS) is 15.3. The zero-order chi connectivity index (χ0) is 21.2. The van der Waals surface area contributed by atoms with E-state index in [1.54, 1.807) is 18.5 Å². The lowest BCUT2D eigenvalue weighted by Crippen LogP contribution is -2.29. The van der Waals surface area contributed by atoms with Crippen molar-refractivity contribution in [1.82, 2.24) is 14.9 Å². The van der Waals surface area contributed by atoms with Crippen LogP contribution in [-0.4, -0.2) is 35.0 Å². The number of likely N-dealkylation sites (tertiary alicyclic amines) is 1. The first-order chi connectivity index (χ1) is 15.2. The van der Waals surface area contributed by atoms with Gasteiger partial charge in [0.15, 0.2) is 0 Å². The smallest absolute Gasteiger partial charge is 0.128 e. The molecule has 4 nitrogen and oxygen atoms in total. The van der Waals surface area contributed by atoms with Gasteiger partial charge in [0.2, 0.25) is 0 Å². The van der Waals surface area contributed by atoms with E-state index in [0.29, 0.717) is 5.92 Å². The van der Waals surface area contributed by atoms with Crippen LogP contribution >= 0.6 is 0 Å². The van der Waals surface area contributed by atoms with E-state index in [4.69, 9.17) is 0 Å². The van der Waals surface area contributed by atoms with Crippen LogP contribution in [0.25, 0.3) is 22.2 Å². The molecule has 5 rings (SSSR count). The Bertz CT molecular complexity index is 1200. The fraction of sp³-hybridized carbons (Fsp3) is 0.231. The van der Waals surface area contributed by atoms with Gasteiger partial charge in [0.1, 0.15) is 5.82 Å². The second kappa shape index (κ2) is 8.44. The van der Waals surface area contributed by atoms with Crippen molar-refractivity contribution in [3.05, 3.63) is 84.4 Å². The molecule has 2 aromatic heterocycles. The van der Waals surface area contributed by atoms with Crippen LogP contribution in [0.5, 0.6) is 0 Å². The van der Waals surface area contributed by atoms with Crippen molar-refractivity contribution in [1.29, 1.82) is 0 Å². The number of pyridine rings is 2. The molecular weight excluding hydrogens is 387 g/mol. The molecule has 5 heteroatoms. The Morgan fingerprint density at radius 2 is 1.81 bits per heavy atom. The molecule has 1 aliphatic rings. The van der Waals surface area contributed by atoms with Crippen molar-refractivity contribution in [2.24, 2.45) is 0 Å². The monoisotopic (exact) mass is 412 g/mol. The van der Waals surface area contributed by atoms with E-state index >= 15 is 0 Å². The molecule has 1 fully saturated rings. The predicted octanol–water partition coefficient (Wildman–Crippen LogP) is 5.99. The Hall–Kier alpha value is -3.31. The van der Waals surface area contributed by atoms with Crippen molar-refractivity contribution in [2.75, 3.05) is 25.5 Å². The van der Waals surface area contributed by atoms with Crippen LogP contribution in [0.15, 0.2) is 73.1 Å². The number of piperidine rings is 1. The van der Waals surface area contributed by atoms with Crippen molar-refractivity contribution >= 4 is 22.3 Å². The number of hydrogen-bond donors (Lipinski definition) is 1. The molecule has 156 valence electrons. The number of aromatic nitrogens is 2. The maximum atomic E-state index is 14.9. The summed E-state index contributed by atoms with van der Waals surface area (Å²) in [5.74, 6) is 0.173. The van der Waals surface area contributed by atoms with Gasteiger partial charge in [-0.15, -0.1) is 0 Å². The van der Waals surface area contributed by atoms with Crippen LogP contribution < -0.4 is 5.32 Å². The lowest BCUT2D eigenvalue weighted by molar-refractivity contribution is 0.253. The van der Waals surface area contributed by atoms with E-state index in [0.717, 1.165) is 65.0 Å². The number of anilines is 2. The lowest BCUT2D eigenvalue weighted by atomic mass is 9.89. The third kappa shape index (κ3) is 4.14. The van der Waals surface area contributed by atoms with Gasteiger partial charge >= 0.3 is 0 Å². The first kappa shape index (κ1) is 19.6. The molecule has 31 heavy (non-hydrogen) atoms. The number of nitrogens with one attached hydrogen (secondary N) is 1. The van der Waals surface area contributed by atoms with E-state index in [2.05, 4.69) is 27.2 Å². The highest BCUT2D eigenvalue weighted by atomic mass is 19.1. The zero-order valence-electron chi connectivity index (χ0n) is 17.6. The minimum atomic E-state index is -0.129. The molecule has 0 bridgehead atoms. The fourth-order valence-electron chi connectivity index (χ4n) is 4.36. The minimum Gasteiger partial charge on any atom is -0.355 e. The number of halogens is 1. The number of rotatable bonds is 4. The molecule has 2 aromatic carbocycles. The molecule has 0 saturated carbocycles. The van der Waals surface area contributed by atoms with Gasteiger partial charge in [-0.05, 0) is 80.9 Å². The van der Waals surface area contributed by atoms with Crippen LogP contribution in [0.2, 0.25) is 0 Å². The van der Waals surface area contributed by atoms with Gasteiger partial charge in [0.25, 0.3) is 0 Å². The summed E-state index contributed by atoms with van der Waals surface area (Å²) in [6.45, 7) is 2.04. The molecule has 1 N–H and O–H groups in total. The Morgan fingerprint density at radius 1 is 0.935 bits per heavy atom. The number of nitrogens with zero attached hydrogens (tertiary/aromatic N) is 3. The third-order valence-electron chi connectivity index (χ3n) is 6.14. The summed E-state index contributed by atoms with van der Waals surface area (Å²) in [5.41, 5.74) is 5.29. The van der Waals surface area contributed by atoms with Gasteiger partial charge in [-0.2, -0.15) is 0 Å². The second-order valence-electron chi connectivity index (χ2n) is 8.24. The summed E-state index contributed by atoms with van der Waals surface area (Å²) in [6.07, 6.45) is 5.58. The summed E-state index contributed by atoms with van der Waals surface area (Å²) in [6, 6.07) is 19.4. The summed E-state index contributed by atoms with van der Waals surface area (Å²) in [5, 5.41) is 4.37. The number of fused-ring (bicyclic) bond motifs is 1. The molecule has 0 amide bonds. The minimum absolute atomic E-state index is 0.129. The van der Waals surface area contributed by atoms with Gasteiger partial charge < -0.3 is 10.2 Å². The van der Waals surface area contributed by atoms with E-state index in [1.807, 2.05) is 54.6 Å². The molecule has 0 unspecified atom stereocenters. The molecule has 4 aromatic rings. The van der Waals surface area contributed by atoms with Crippen molar-refractivity contribution in [2.45, 2.75) is 18.8 Å². The highest BCUT2D eigenvalue weighted by Gasteiger charge is 2.21. The second-order valence-corrected chi connectivity index (χ2v) is 8.24. The Kier molecular flexibility index (Phi) is 5.35. The highest BCUT2D eigenvalue weighted by Crippen LogP contribution is 2.33. The molecule has 0 aliphatic carbocycles. The standard InChI is InChI=1S/C26H25FN4/c1-31-14-10-18(11-15-31)21-8-6-20(17-23(21)27)30-25-9-13-29-26-16-19(5-7-22(25)26)24-4-2-3-12-28-24/h2-9,12-13,16-18H,10-11,14-15H2,1H3,(H,29,30). The maximum absolute atomic E-state index is 14.9. The Balaban J connectivity index is 1.41. The number of hydrogen-bond acceptors (Lipinski definition) is 4. The highest BCUT2D eigenvalue weighted by molar-refractivity contribution is 5.95. The summed E-state index contributed by atoms with van der Waals surface area (Å²) in [7, 11) is 2.12. The van der Waals surface area contributed by atoms with Crippen LogP contribution in [0, 0.1) is 5.82 Å². The quantitative estimate of drug-likeness (QED) is 0.447. The first-order valence-electron chi connectivity index (χ1n) is 10.7. The van der Waals surface area contributed by atoms with E-state index in [9.17, 15) is 4.39 Å². The van der Waals surface area contributed by atoms with Crippen LogP contribution in [0.3, 0.4) is 0 Å². The first-order valence-corrected chi connectivity index (χ1v) is 10.7. The average molecular weight is 413 g/mol. The molecule has 1 aliphatic heterocycles. The summed E-state index contributed by atoms with van der Waals surface area (Å²) < 4.78 is 14.9. The van der Waals surface area contributed by atoms with Crippen LogP contribution in [0.1, 0.15) is 24.3 Å². The number of benzene rings is 2. The molecule has 1 saturated heterocycles. The van der Waals surface area contributed by atoms with Crippen LogP contribution in [0.4, 0.5) is 15.8 Å². The molecule has 0 spiro atoms. The summed E-state index contributed by atoms with van der Waals surface area (Å²) in [4.78, 5) is 11.2. The van der Waals surface area contributed by atoms with Crippen molar-refractivity contribution in [3.63, 3.8) is 0 Å². The third-order valence-corrected chi connectivity index (χ3v) is 6.14. The van der Waals surface area contributed by atoms with Gasteiger partial charge in [-0.25, -0.2) is 4.39 Å². The SMILES string of the molecule is CN1CCC(c2ccc(Nc3ccnc4cc(-c5ccccn5)ccc34)cc2F)CC1. The predicted molar refractivity (Wildman–Crippen MR) is 124 cm³/mol. The van der Waals surface area contributed by atoms with E-state index in [1.165, 1.54) is 0 Å². The zero-order valence-corrected chi connectivity index (χ0v) is 17.6. The maximum Gasteiger partial charge on any atom is 0.128 e.